The van der Waals surface area contributed by atoms with Crippen LogP contribution in [0.1, 0.15) is 6.92 Å². The molecule has 4 N–H and O–H groups in total. The van der Waals surface area contributed by atoms with Gasteiger partial charge in [-0.1, -0.05) is 6.92 Å². The number of hydrogen-bond acceptors (Lipinski definition) is 4. The first-order chi connectivity index (χ1) is 5.06. The molecule has 0 fully saturated rings. The van der Waals surface area contributed by atoms with Crippen LogP contribution in [0.25, 0.3) is 0 Å². The molecule has 11 heavy (non-hydrogen) atoms. The van der Waals surface area contributed by atoms with Crippen LogP contribution in [0.5, 0.6) is 0 Å². The van der Waals surface area contributed by atoms with Gasteiger partial charge in [0.25, 0.3) is 0 Å². The Balaban J connectivity index is -0.000000109. The Morgan fingerprint density at radius 1 is 1.27 bits per heavy atom. The number of carbonyl (C=O) groups is 3. The fraction of sp³-hybridized carbons (Fsp3) is 0.400. The van der Waals surface area contributed by atoms with Crippen molar-refractivity contribution in [1.29, 1.82) is 0 Å². The Kier molecular flexibility index (Phi) is 23.4. The van der Waals surface area contributed by atoms with Crippen molar-refractivity contribution in [2.45, 2.75) is 6.92 Å². The molecule has 0 unspecified atom stereocenters. The molecule has 0 aliphatic carbocycles. The number of carbonyl (C=O) groups excluding carboxylic acids is 1. The second-order valence-electron chi connectivity index (χ2n) is 1.02. The highest BCUT2D eigenvalue weighted by Crippen LogP contribution is 1.56. The quantitative estimate of drug-likeness (QED) is 0.393. The zero-order valence-corrected chi connectivity index (χ0v) is 6.11. The van der Waals surface area contributed by atoms with Gasteiger partial charge in [-0.05, 0) is 6.54 Å². The van der Waals surface area contributed by atoms with Crippen molar-refractivity contribution >= 4 is 18.7 Å². The van der Waals surface area contributed by atoms with Gasteiger partial charge in [0.2, 0.25) is 0 Å². The number of carboxylic acids is 2. The highest BCUT2D eigenvalue weighted by atomic mass is 16.4. The maximum absolute atomic E-state index is 9.10. The van der Waals surface area contributed by atoms with Crippen LogP contribution in [-0.2, 0) is 14.4 Å². The van der Waals surface area contributed by atoms with Gasteiger partial charge in [0.05, 0.1) is 0 Å². The van der Waals surface area contributed by atoms with E-state index in [-0.39, 0.29) is 0 Å². The highest BCUT2D eigenvalue weighted by Gasteiger charge is 2.04. The first-order valence-corrected chi connectivity index (χ1v) is 2.51. The summed E-state index contributed by atoms with van der Waals surface area (Å²) in [5.74, 6) is -3.65. The third-order valence-corrected chi connectivity index (χ3v) is 0.183. The molecule has 0 aliphatic rings. The Bertz CT molecular complexity index is 101. The average Bonchev–Trinajstić information content (AvgIpc) is 1.93. The van der Waals surface area contributed by atoms with Crippen LogP contribution in [0.4, 0.5) is 0 Å². The average molecular weight is 165 g/mol. The first-order valence-electron chi connectivity index (χ1n) is 2.51. The lowest BCUT2D eigenvalue weighted by molar-refractivity contribution is -0.159. The second-order valence-corrected chi connectivity index (χ2v) is 1.02. The van der Waals surface area contributed by atoms with Gasteiger partial charge in [-0.15, -0.1) is 0 Å². The molecule has 0 saturated heterocycles. The molecule has 6 heteroatoms. The summed E-state index contributed by atoms with van der Waals surface area (Å²) in [6.07, 6.45) is 0. The van der Waals surface area contributed by atoms with Crippen molar-refractivity contribution in [2.75, 3.05) is 6.54 Å². The SMILES string of the molecule is C=O.CCN.O=C(O)C(=O)O. The maximum Gasteiger partial charge on any atom is 0.414 e. The third-order valence-electron chi connectivity index (χ3n) is 0.183. The standard InChI is InChI=1S/C2H7N.C2H2O4.CH2O/c1-2-3;3-1(4)2(5)6;1-2/h2-3H2,1H3;(H,3,4)(H,5,6);1H2. The summed E-state index contributed by atoms with van der Waals surface area (Å²) in [6, 6.07) is 0. The van der Waals surface area contributed by atoms with E-state index in [4.69, 9.17) is 30.3 Å². The summed E-state index contributed by atoms with van der Waals surface area (Å²) in [7, 11) is 0. The van der Waals surface area contributed by atoms with E-state index in [1.165, 1.54) is 0 Å². The number of aliphatic carboxylic acids is 2. The minimum atomic E-state index is -1.82. The Morgan fingerprint density at radius 3 is 1.36 bits per heavy atom. The molecule has 0 bridgehead atoms. The van der Waals surface area contributed by atoms with Crippen LogP contribution < -0.4 is 5.73 Å². The summed E-state index contributed by atoms with van der Waals surface area (Å²) < 4.78 is 0. The lowest BCUT2D eigenvalue weighted by Gasteiger charge is -1.72. The second kappa shape index (κ2) is 15.8. The summed E-state index contributed by atoms with van der Waals surface area (Å²) >= 11 is 0. The summed E-state index contributed by atoms with van der Waals surface area (Å²) in [4.78, 5) is 26.2. The van der Waals surface area contributed by atoms with E-state index < -0.39 is 11.9 Å². The van der Waals surface area contributed by atoms with E-state index in [0.717, 1.165) is 6.54 Å². The Labute approximate surface area is 63.6 Å². The van der Waals surface area contributed by atoms with Gasteiger partial charge in [0.1, 0.15) is 6.79 Å². The minimum absolute atomic E-state index is 0.750. The van der Waals surface area contributed by atoms with Crippen LogP contribution in [0.3, 0.4) is 0 Å². The van der Waals surface area contributed by atoms with Gasteiger partial charge in [-0.3, -0.25) is 0 Å². The molecule has 0 saturated carbocycles. The highest BCUT2D eigenvalue weighted by molar-refractivity contribution is 6.27. The molecule has 0 aromatic heterocycles. The van der Waals surface area contributed by atoms with E-state index in [1.807, 2.05) is 13.7 Å². The van der Waals surface area contributed by atoms with E-state index in [2.05, 4.69) is 0 Å². The molecule has 0 aliphatic heterocycles. The molecular formula is C5H11NO5. The zero-order chi connectivity index (χ0) is 9.86. The van der Waals surface area contributed by atoms with Crippen molar-refractivity contribution in [3.63, 3.8) is 0 Å². The van der Waals surface area contributed by atoms with E-state index >= 15 is 0 Å². The number of rotatable bonds is 0. The van der Waals surface area contributed by atoms with Crippen LogP contribution in [0.15, 0.2) is 0 Å². The van der Waals surface area contributed by atoms with E-state index in [1.54, 1.807) is 0 Å². The predicted molar refractivity (Wildman–Crippen MR) is 37.1 cm³/mol. The third kappa shape index (κ3) is 56.0. The molecule has 0 heterocycles. The fourth-order valence-electron chi connectivity index (χ4n) is 0. The van der Waals surface area contributed by atoms with E-state index in [0.29, 0.717) is 0 Å². The molecule has 0 spiro atoms. The molecule has 0 radical (unpaired) electrons. The lowest BCUT2D eigenvalue weighted by atomic mass is 10.7. The molecule has 0 aromatic carbocycles. The fourth-order valence-corrected chi connectivity index (χ4v) is 0. The van der Waals surface area contributed by atoms with Crippen molar-refractivity contribution in [3.8, 4) is 0 Å². The molecule has 0 rings (SSSR count). The monoisotopic (exact) mass is 165 g/mol. The van der Waals surface area contributed by atoms with Crippen LogP contribution in [-0.4, -0.2) is 35.5 Å². The van der Waals surface area contributed by atoms with Gasteiger partial charge in [-0.25, -0.2) is 9.59 Å². The van der Waals surface area contributed by atoms with Crippen LogP contribution >= 0.6 is 0 Å². The molecule has 0 atom stereocenters. The normalized spacial score (nSPS) is 6.00. The largest absolute Gasteiger partial charge is 0.473 e. The topological polar surface area (TPSA) is 118 Å². The lowest BCUT2D eigenvalue weighted by Crippen LogP contribution is -2.09. The zero-order valence-electron chi connectivity index (χ0n) is 6.11. The maximum atomic E-state index is 9.10. The summed E-state index contributed by atoms with van der Waals surface area (Å²) in [5, 5.41) is 14.8. The predicted octanol–water partition coefficient (Wildman–Crippen LogP) is -1.06. The molecule has 0 aromatic rings. The smallest absolute Gasteiger partial charge is 0.414 e. The van der Waals surface area contributed by atoms with Gasteiger partial charge in [0.15, 0.2) is 0 Å². The summed E-state index contributed by atoms with van der Waals surface area (Å²) in [5.41, 5.74) is 4.85. The van der Waals surface area contributed by atoms with E-state index in [9.17, 15) is 0 Å². The van der Waals surface area contributed by atoms with Crippen molar-refractivity contribution in [1.82, 2.24) is 0 Å². The molecule has 6 nitrogen and oxygen atoms in total. The first kappa shape index (κ1) is 16.3. The molecule has 66 valence electrons. The minimum Gasteiger partial charge on any atom is -0.473 e. The van der Waals surface area contributed by atoms with Crippen molar-refractivity contribution in [3.05, 3.63) is 0 Å². The van der Waals surface area contributed by atoms with Gasteiger partial charge in [-0.2, -0.15) is 0 Å². The van der Waals surface area contributed by atoms with Gasteiger partial charge < -0.3 is 20.7 Å². The Hall–Kier alpha value is -1.43. The van der Waals surface area contributed by atoms with Crippen molar-refractivity contribution < 1.29 is 24.6 Å². The number of carboxylic acid groups (broad SMARTS) is 2. The van der Waals surface area contributed by atoms with Crippen molar-refractivity contribution in [2.24, 2.45) is 5.73 Å². The summed E-state index contributed by atoms with van der Waals surface area (Å²) in [6.45, 7) is 4.65. The van der Waals surface area contributed by atoms with Crippen LogP contribution in [0.2, 0.25) is 0 Å². The Morgan fingerprint density at radius 2 is 1.36 bits per heavy atom. The van der Waals surface area contributed by atoms with Crippen LogP contribution in [0, 0.1) is 0 Å². The van der Waals surface area contributed by atoms with Gasteiger partial charge in [0, 0.05) is 0 Å². The molecular weight excluding hydrogens is 154 g/mol. The van der Waals surface area contributed by atoms with Gasteiger partial charge >= 0.3 is 11.9 Å². The molecule has 0 amide bonds. The number of nitrogens with two attached hydrogens (primary N) is 1. The number of hydrogen-bond donors (Lipinski definition) is 3.